The number of amides is 2. The van der Waals surface area contributed by atoms with Gasteiger partial charge in [0.1, 0.15) is 62.6 Å². The maximum absolute atomic E-state index is 13.1. The van der Waals surface area contributed by atoms with Crippen LogP contribution in [0.25, 0.3) is 0 Å². The number of rotatable bonds is 38. The number of nitrogens with zero attached hydrogens (tertiary/aromatic N) is 6. The number of benzene rings is 4. The Morgan fingerprint density at radius 1 is 0.282 bits per heavy atom. The third-order valence-electron chi connectivity index (χ3n) is 10.2. The van der Waals surface area contributed by atoms with Crippen LogP contribution in [0.1, 0.15) is 0 Å². The van der Waals surface area contributed by atoms with Crippen molar-refractivity contribution in [3.05, 3.63) is 138 Å². The summed E-state index contributed by atoms with van der Waals surface area (Å²) in [7, 11) is 0. The van der Waals surface area contributed by atoms with Crippen molar-refractivity contribution in [2.75, 3.05) is 132 Å². The summed E-state index contributed by atoms with van der Waals surface area (Å²) in [6.07, 6.45) is -6.05. The minimum atomic E-state index is -1.10. The molecule has 0 saturated carbocycles. The van der Waals surface area contributed by atoms with Gasteiger partial charge in [0.2, 0.25) is 0 Å². The first-order valence-corrected chi connectivity index (χ1v) is 25.1. The lowest BCUT2D eigenvalue weighted by Crippen LogP contribution is -2.38. The number of carbonyl (C=O) groups is 6. The van der Waals surface area contributed by atoms with Crippen molar-refractivity contribution in [2.45, 2.75) is 0 Å². The molecule has 4 aromatic rings. The fourth-order valence-electron chi connectivity index (χ4n) is 6.14. The van der Waals surface area contributed by atoms with Crippen molar-refractivity contribution in [3.8, 4) is 23.0 Å². The molecule has 0 radical (unpaired) electrons. The summed E-state index contributed by atoms with van der Waals surface area (Å²) in [6.45, 7) is -2.94. The molecule has 0 spiro atoms. The number of carbonyl (C=O) groups excluding carboxylic acids is 6. The summed E-state index contributed by atoms with van der Waals surface area (Å²) in [6, 6.07) is 18.8. The van der Waals surface area contributed by atoms with E-state index in [0.29, 0.717) is 0 Å². The summed E-state index contributed by atoms with van der Waals surface area (Å²) < 4.78 is 77.7. The molecule has 35 nitrogen and oxygen atoms in total. The lowest BCUT2D eigenvalue weighted by Gasteiger charge is -2.22. The van der Waals surface area contributed by atoms with Gasteiger partial charge in [0.25, 0.3) is 22.7 Å². The number of non-ortho nitro benzene ring substituents is 4. The van der Waals surface area contributed by atoms with Crippen molar-refractivity contribution in [1.82, 2.24) is 9.80 Å². The minimum absolute atomic E-state index is 0.00223. The van der Waals surface area contributed by atoms with Crippen molar-refractivity contribution >= 4 is 59.6 Å². The molecule has 460 valence electrons. The van der Waals surface area contributed by atoms with Crippen LogP contribution in [0.4, 0.5) is 51.5 Å². The highest BCUT2D eigenvalue weighted by molar-refractivity contribution is 5.68. The zero-order valence-corrected chi connectivity index (χ0v) is 44.9. The first-order valence-electron chi connectivity index (χ1n) is 25.1. The number of hydrogen-bond donors (Lipinski definition) is 0. The third kappa shape index (κ3) is 28.4. The maximum atomic E-state index is 13.1. The molecule has 0 N–H and O–H groups in total. The highest BCUT2D eigenvalue weighted by Gasteiger charge is 2.19. The molecule has 0 saturated heterocycles. The molecule has 0 unspecified atom stereocenters. The number of nitro benzene ring substituents is 4. The van der Waals surface area contributed by atoms with Crippen LogP contribution in [0.2, 0.25) is 0 Å². The Balaban J connectivity index is 1.18. The molecule has 0 atom stereocenters. The Labute approximate surface area is 480 Å². The van der Waals surface area contributed by atoms with Gasteiger partial charge in [0, 0.05) is 74.7 Å². The van der Waals surface area contributed by atoms with E-state index in [2.05, 4.69) is 0 Å². The van der Waals surface area contributed by atoms with E-state index in [4.69, 9.17) is 71.1 Å². The molecular formula is C50H56N6O29. The van der Waals surface area contributed by atoms with Gasteiger partial charge in [0.15, 0.2) is 0 Å². The Morgan fingerprint density at radius 2 is 0.471 bits per heavy atom. The minimum Gasteiger partial charge on any atom is -0.447 e. The van der Waals surface area contributed by atoms with E-state index in [1.54, 1.807) is 0 Å². The van der Waals surface area contributed by atoms with Crippen LogP contribution in [-0.2, 0) is 52.1 Å². The Bertz CT molecular complexity index is 2420. The maximum Gasteiger partial charge on any atom is 0.513 e. The second kappa shape index (κ2) is 38.6. The van der Waals surface area contributed by atoms with E-state index in [-0.39, 0.29) is 178 Å². The molecule has 4 aromatic carbocycles. The molecule has 4 rings (SSSR count). The van der Waals surface area contributed by atoms with Crippen molar-refractivity contribution in [1.29, 1.82) is 0 Å². The van der Waals surface area contributed by atoms with Crippen LogP contribution in [0, 0.1) is 40.5 Å². The summed E-state index contributed by atoms with van der Waals surface area (Å²) in [4.78, 5) is 118. The van der Waals surface area contributed by atoms with E-state index in [0.717, 1.165) is 48.5 Å². The van der Waals surface area contributed by atoms with Crippen molar-refractivity contribution in [3.63, 3.8) is 0 Å². The standard InChI is InChI=1S/C50H56N6O29/c57-45(51(17-21-71-27-33-78-47(59)82-41-9-1-37(2-10-41)53(63)64)18-22-72-28-34-79-48(60)83-42-11-3-38(4-12-42)54(65)66)76-31-25-75-26-32-77-46(58)52(19-23-73-29-35-80-49(61)84-43-13-5-39(6-14-43)55(67)68)20-24-74-30-36-81-50(62)85-44-15-7-40(8-16-44)56(69)70/h1-16H,17-36H2. The Hall–Kier alpha value is -10.1. The molecule has 0 aromatic heterocycles. The monoisotopic (exact) mass is 1200 g/mol. The first-order chi connectivity index (χ1) is 41.0. The molecule has 0 fully saturated rings. The van der Waals surface area contributed by atoms with Crippen LogP contribution in [0.5, 0.6) is 23.0 Å². The number of nitro groups is 4. The molecule has 0 aliphatic heterocycles. The van der Waals surface area contributed by atoms with Crippen molar-refractivity contribution < 1.29 is 120 Å². The van der Waals surface area contributed by atoms with Gasteiger partial charge in [0.05, 0.1) is 85.8 Å². The zero-order valence-electron chi connectivity index (χ0n) is 44.9. The summed E-state index contributed by atoms with van der Waals surface area (Å²) >= 11 is 0. The second-order valence-electron chi connectivity index (χ2n) is 16.1. The van der Waals surface area contributed by atoms with Gasteiger partial charge < -0.3 is 80.9 Å². The fourth-order valence-corrected chi connectivity index (χ4v) is 6.14. The van der Waals surface area contributed by atoms with Crippen LogP contribution < -0.4 is 18.9 Å². The zero-order chi connectivity index (χ0) is 61.6. The average Bonchev–Trinajstić information content (AvgIpc) is 3.52. The SMILES string of the molecule is O=C(OCCOCCN(CCOCCOC(=O)Oc1ccc([N+](=O)[O-])cc1)C(=O)OCCOCCOC(=O)N(CCOCCOC(=O)Oc1ccc([N+](=O)[O-])cc1)CCOCCOC(=O)Oc1ccc([N+](=O)[O-])cc1)Oc1ccc([N+](=O)[O-])cc1. The highest BCUT2D eigenvalue weighted by Crippen LogP contribution is 2.21. The third-order valence-corrected chi connectivity index (χ3v) is 10.2. The summed E-state index contributed by atoms with van der Waals surface area (Å²) in [5.74, 6) is 0.00893. The normalized spacial score (nSPS) is 10.5. The molecule has 0 bridgehead atoms. The first kappa shape index (κ1) is 67.4. The summed E-state index contributed by atoms with van der Waals surface area (Å²) in [5.41, 5.74) is -0.840. The van der Waals surface area contributed by atoms with Gasteiger partial charge in [-0.2, -0.15) is 0 Å². The molecule has 35 heteroatoms. The second-order valence-corrected chi connectivity index (χ2v) is 16.1. The quantitative estimate of drug-likeness (QED) is 0.0116. The lowest BCUT2D eigenvalue weighted by atomic mass is 10.3. The van der Waals surface area contributed by atoms with E-state index in [9.17, 15) is 69.2 Å². The topological polar surface area (TPSA) is 420 Å². The van der Waals surface area contributed by atoms with Gasteiger partial charge in [-0.3, -0.25) is 40.5 Å². The van der Waals surface area contributed by atoms with Gasteiger partial charge in [-0.15, -0.1) is 0 Å². The Morgan fingerprint density at radius 3 is 0.671 bits per heavy atom. The van der Waals surface area contributed by atoms with Crippen LogP contribution in [0.15, 0.2) is 97.1 Å². The lowest BCUT2D eigenvalue weighted by molar-refractivity contribution is -0.385. The molecule has 85 heavy (non-hydrogen) atoms. The average molecular weight is 1210 g/mol. The molecule has 2 amide bonds. The van der Waals surface area contributed by atoms with E-state index >= 15 is 0 Å². The van der Waals surface area contributed by atoms with Crippen molar-refractivity contribution in [2.24, 2.45) is 0 Å². The van der Waals surface area contributed by atoms with Gasteiger partial charge in [-0.1, -0.05) is 0 Å². The molecule has 0 aliphatic carbocycles. The summed E-state index contributed by atoms with van der Waals surface area (Å²) in [5, 5.41) is 43.4. The fraction of sp³-hybridized carbons (Fsp3) is 0.400. The highest BCUT2D eigenvalue weighted by atomic mass is 16.8. The van der Waals surface area contributed by atoms with Crippen LogP contribution in [-0.4, -0.2) is 198 Å². The predicted molar refractivity (Wildman–Crippen MR) is 280 cm³/mol. The predicted octanol–water partition coefficient (Wildman–Crippen LogP) is 6.44. The smallest absolute Gasteiger partial charge is 0.447 e. The van der Waals surface area contributed by atoms with E-state index < -0.39 is 56.5 Å². The van der Waals surface area contributed by atoms with E-state index in [1.165, 1.54) is 58.3 Å². The largest absolute Gasteiger partial charge is 0.513 e. The Kier molecular flexibility index (Phi) is 30.6. The number of ether oxygens (including phenoxy) is 15. The van der Waals surface area contributed by atoms with Gasteiger partial charge in [-0.25, -0.2) is 28.8 Å². The number of hydrogen-bond acceptors (Lipinski definition) is 29. The van der Waals surface area contributed by atoms with Gasteiger partial charge >= 0.3 is 36.8 Å². The molecule has 0 aliphatic rings. The van der Waals surface area contributed by atoms with E-state index in [1.807, 2.05) is 0 Å². The van der Waals surface area contributed by atoms with Crippen LogP contribution in [0.3, 0.4) is 0 Å². The van der Waals surface area contributed by atoms with Crippen LogP contribution >= 0.6 is 0 Å². The molecule has 0 heterocycles. The molecular weight excluding hydrogens is 1150 g/mol. The van der Waals surface area contributed by atoms with Gasteiger partial charge in [-0.05, 0) is 48.5 Å².